The van der Waals surface area contributed by atoms with Crippen molar-refractivity contribution < 1.29 is 9.53 Å². The Morgan fingerprint density at radius 2 is 1.88 bits per heavy atom. The zero-order valence-corrected chi connectivity index (χ0v) is 18.3. The molecular formula is C24H25N5O3. The van der Waals surface area contributed by atoms with Crippen LogP contribution in [-0.4, -0.2) is 25.1 Å². The summed E-state index contributed by atoms with van der Waals surface area (Å²) in [4.78, 5) is 33.9. The van der Waals surface area contributed by atoms with Gasteiger partial charge in [0.2, 0.25) is 0 Å². The lowest BCUT2D eigenvalue weighted by Gasteiger charge is -2.12. The predicted molar refractivity (Wildman–Crippen MR) is 122 cm³/mol. The van der Waals surface area contributed by atoms with Crippen molar-refractivity contribution in [1.29, 1.82) is 0 Å². The Morgan fingerprint density at radius 3 is 2.62 bits per heavy atom. The van der Waals surface area contributed by atoms with Crippen LogP contribution in [0, 0.1) is 12.8 Å². The van der Waals surface area contributed by atoms with Crippen LogP contribution in [0.2, 0.25) is 0 Å². The molecule has 0 fully saturated rings. The molecule has 0 saturated carbocycles. The number of nitrogens with one attached hydrogen (secondary N) is 1. The summed E-state index contributed by atoms with van der Waals surface area (Å²) in [6, 6.07) is 15.9. The topological polar surface area (TPSA) is 90.5 Å². The van der Waals surface area contributed by atoms with Crippen molar-refractivity contribution in [2.75, 3.05) is 5.32 Å². The van der Waals surface area contributed by atoms with Crippen molar-refractivity contribution in [1.82, 2.24) is 19.2 Å². The van der Waals surface area contributed by atoms with Crippen LogP contribution in [0.15, 0.2) is 65.7 Å². The highest BCUT2D eigenvalue weighted by molar-refractivity contribution is 6.05. The van der Waals surface area contributed by atoms with Gasteiger partial charge in [0.1, 0.15) is 18.7 Å². The second-order valence-electron chi connectivity index (χ2n) is 8.06. The summed E-state index contributed by atoms with van der Waals surface area (Å²) in [5.41, 5.74) is 2.43. The van der Waals surface area contributed by atoms with E-state index in [2.05, 4.69) is 29.1 Å². The summed E-state index contributed by atoms with van der Waals surface area (Å²) in [6.45, 7) is 6.85. The van der Waals surface area contributed by atoms with Crippen molar-refractivity contribution >= 4 is 17.4 Å². The number of rotatable bonds is 7. The van der Waals surface area contributed by atoms with Crippen LogP contribution in [0.5, 0.6) is 5.75 Å². The normalized spacial score (nSPS) is 11.1. The maximum absolute atomic E-state index is 12.6. The molecule has 4 aromatic rings. The van der Waals surface area contributed by atoms with Gasteiger partial charge in [-0.3, -0.25) is 14.3 Å². The van der Waals surface area contributed by atoms with E-state index in [0.29, 0.717) is 40.9 Å². The Morgan fingerprint density at radius 1 is 1.12 bits per heavy atom. The van der Waals surface area contributed by atoms with Crippen LogP contribution in [0.3, 0.4) is 0 Å². The SMILES string of the molecule is Cc1ccc(C(=O)Nc2ccccc2OCc2cc(=O)n3c(ncn3CC(C)C)n2)cc1. The molecular weight excluding hydrogens is 406 g/mol. The van der Waals surface area contributed by atoms with E-state index in [-0.39, 0.29) is 18.1 Å². The smallest absolute Gasteiger partial charge is 0.274 e. The van der Waals surface area contributed by atoms with Crippen molar-refractivity contribution in [3.8, 4) is 5.75 Å². The summed E-state index contributed by atoms with van der Waals surface area (Å²) < 4.78 is 9.11. The van der Waals surface area contributed by atoms with Crippen LogP contribution in [0.4, 0.5) is 5.69 Å². The lowest BCUT2D eigenvalue weighted by Crippen LogP contribution is -2.23. The van der Waals surface area contributed by atoms with Crippen LogP contribution < -0.4 is 15.6 Å². The molecule has 0 atom stereocenters. The fourth-order valence-electron chi connectivity index (χ4n) is 3.33. The Balaban J connectivity index is 1.51. The first kappa shape index (κ1) is 21.3. The number of nitrogens with zero attached hydrogens (tertiary/aromatic N) is 4. The van der Waals surface area contributed by atoms with Crippen LogP contribution >= 0.6 is 0 Å². The summed E-state index contributed by atoms with van der Waals surface area (Å²) in [5.74, 6) is 0.960. The molecule has 164 valence electrons. The number of benzene rings is 2. The molecule has 0 radical (unpaired) electrons. The Bertz CT molecular complexity index is 1310. The number of hydrogen-bond acceptors (Lipinski definition) is 5. The van der Waals surface area contributed by atoms with Gasteiger partial charge >= 0.3 is 0 Å². The van der Waals surface area contributed by atoms with Gasteiger partial charge in [0.15, 0.2) is 0 Å². The Hall–Kier alpha value is -3.94. The second-order valence-corrected chi connectivity index (χ2v) is 8.06. The highest BCUT2D eigenvalue weighted by atomic mass is 16.5. The second kappa shape index (κ2) is 9.05. The third-order valence-electron chi connectivity index (χ3n) is 4.87. The van der Waals surface area contributed by atoms with Gasteiger partial charge in [-0.05, 0) is 37.1 Å². The van der Waals surface area contributed by atoms with E-state index in [1.54, 1.807) is 35.3 Å². The number of aromatic nitrogens is 4. The summed E-state index contributed by atoms with van der Waals surface area (Å²) in [6.07, 6.45) is 1.62. The number of fused-ring (bicyclic) bond motifs is 1. The van der Waals surface area contributed by atoms with Gasteiger partial charge in [0, 0.05) is 18.2 Å². The number of ether oxygens (including phenoxy) is 1. The monoisotopic (exact) mass is 431 g/mol. The fraction of sp³-hybridized carbons (Fsp3) is 0.250. The molecule has 2 heterocycles. The molecule has 0 bridgehead atoms. The lowest BCUT2D eigenvalue weighted by atomic mass is 10.1. The highest BCUT2D eigenvalue weighted by Crippen LogP contribution is 2.25. The molecule has 2 aromatic heterocycles. The largest absolute Gasteiger partial charge is 0.485 e. The minimum Gasteiger partial charge on any atom is -0.485 e. The quantitative estimate of drug-likeness (QED) is 0.482. The van der Waals surface area contributed by atoms with Crippen molar-refractivity contribution in [3.63, 3.8) is 0 Å². The average Bonchev–Trinajstić information content (AvgIpc) is 3.16. The molecule has 32 heavy (non-hydrogen) atoms. The number of amides is 1. The zero-order chi connectivity index (χ0) is 22.7. The maximum atomic E-state index is 12.6. The minimum absolute atomic E-state index is 0.0696. The Labute approximate surface area is 185 Å². The van der Waals surface area contributed by atoms with E-state index >= 15 is 0 Å². The molecule has 0 aliphatic carbocycles. The molecule has 0 aliphatic rings. The summed E-state index contributed by atoms with van der Waals surface area (Å²) in [5, 5.41) is 2.88. The van der Waals surface area contributed by atoms with E-state index in [4.69, 9.17) is 4.74 Å². The zero-order valence-electron chi connectivity index (χ0n) is 18.3. The first-order valence-corrected chi connectivity index (χ1v) is 10.4. The van der Waals surface area contributed by atoms with Gasteiger partial charge in [-0.15, -0.1) is 0 Å². The van der Waals surface area contributed by atoms with Gasteiger partial charge in [-0.1, -0.05) is 43.7 Å². The number of anilines is 1. The van der Waals surface area contributed by atoms with Gasteiger partial charge in [-0.2, -0.15) is 9.50 Å². The number of aryl methyl sites for hydroxylation is 1. The molecule has 2 aromatic carbocycles. The number of carbonyl (C=O) groups excluding carboxylic acids is 1. The third-order valence-corrected chi connectivity index (χ3v) is 4.87. The van der Waals surface area contributed by atoms with Crippen LogP contribution in [0.1, 0.15) is 35.5 Å². The molecule has 0 spiro atoms. The Kier molecular flexibility index (Phi) is 6.02. The standard InChI is InChI=1S/C24H25N5O3/c1-16(2)13-28-15-25-24-26-19(12-22(30)29(24)28)14-32-21-7-5-4-6-20(21)27-23(31)18-10-8-17(3)9-11-18/h4-12,15-16H,13-14H2,1-3H3,(H,27,31). The number of hydrogen-bond donors (Lipinski definition) is 1. The molecule has 8 heteroatoms. The first-order chi connectivity index (χ1) is 15.4. The van der Waals surface area contributed by atoms with Gasteiger partial charge in [0.25, 0.3) is 17.2 Å². The lowest BCUT2D eigenvalue weighted by molar-refractivity contribution is 0.102. The van der Waals surface area contributed by atoms with E-state index < -0.39 is 0 Å². The number of carbonyl (C=O) groups is 1. The first-order valence-electron chi connectivity index (χ1n) is 10.4. The van der Waals surface area contributed by atoms with Crippen molar-refractivity contribution in [3.05, 3.63) is 88.1 Å². The van der Waals surface area contributed by atoms with Gasteiger partial charge < -0.3 is 10.1 Å². The van der Waals surface area contributed by atoms with Crippen LogP contribution in [0.25, 0.3) is 5.78 Å². The minimum atomic E-state index is -0.227. The predicted octanol–water partition coefficient (Wildman–Crippen LogP) is 3.69. The average molecular weight is 431 g/mol. The van der Waals surface area contributed by atoms with Crippen LogP contribution in [-0.2, 0) is 13.2 Å². The molecule has 4 rings (SSSR count). The highest BCUT2D eigenvalue weighted by Gasteiger charge is 2.12. The van der Waals surface area contributed by atoms with E-state index in [1.807, 2.05) is 31.2 Å². The maximum Gasteiger partial charge on any atom is 0.274 e. The summed E-state index contributed by atoms with van der Waals surface area (Å²) >= 11 is 0. The molecule has 0 saturated heterocycles. The molecule has 1 N–H and O–H groups in total. The van der Waals surface area contributed by atoms with Crippen molar-refractivity contribution in [2.24, 2.45) is 5.92 Å². The third kappa shape index (κ3) is 4.69. The van der Waals surface area contributed by atoms with E-state index in [9.17, 15) is 9.59 Å². The van der Waals surface area contributed by atoms with Gasteiger partial charge in [0.05, 0.1) is 11.4 Å². The van der Waals surface area contributed by atoms with E-state index in [0.717, 1.165) is 5.56 Å². The van der Waals surface area contributed by atoms with E-state index in [1.165, 1.54) is 10.6 Å². The fourth-order valence-corrected chi connectivity index (χ4v) is 3.33. The van der Waals surface area contributed by atoms with Gasteiger partial charge in [-0.25, -0.2) is 4.98 Å². The molecule has 0 aliphatic heterocycles. The molecule has 8 nitrogen and oxygen atoms in total. The van der Waals surface area contributed by atoms with Crippen molar-refractivity contribution in [2.45, 2.75) is 33.9 Å². The molecule has 1 amide bonds. The number of para-hydroxylation sites is 2. The molecule has 0 unspecified atom stereocenters. The summed E-state index contributed by atoms with van der Waals surface area (Å²) in [7, 11) is 0.